The summed E-state index contributed by atoms with van der Waals surface area (Å²) in [7, 11) is 1.65. The Bertz CT molecular complexity index is 636. The minimum atomic E-state index is 0.421. The summed E-state index contributed by atoms with van der Waals surface area (Å²) in [6, 6.07) is 13.8. The Balaban J connectivity index is 2.07. The fourth-order valence-electron chi connectivity index (χ4n) is 2.12. The van der Waals surface area contributed by atoms with Crippen LogP contribution in [-0.4, -0.2) is 18.5 Å². The number of aryl methyl sites for hydroxylation is 1. The maximum atomic E-state index is 5.80. The van der Waals surface area contributed by atoms with Crippen LogP contribution in [-0.2, 0) is 0 Å². The van der Waals surface area contributed by atoms with Crippen LogP contribution >= 0.6 is 0 Å². The summed E-state index contributed by atoms with van der Waals surface area (Å²) in [5.41, 5.74) is 2.84. The third kappa shape index (κ3) is 2.17. The monoisotopic (exact) mass is 255 g/mol. The summed E-state index contributed by atoms with van der Waals surface area (Å²) in [5, 5.41) is 4.61. The van der Waals surface area contributed by atoms with E-state index < -0.39 is 0 Å². The first-order valence-corrected chi connectivity index (χ1v) is 6.13. The van der Waals surface area contributed by atoms with Crippen LogP contribution in [0.25, 0.3) is 0 Å². The fourth-order valence-corrected chi connectivity index (χ4v) is 2.12. The highest BCUT2D eigenvalue weighted by atomic mass is 16.5. The van der Waals surface area contributed by atoms with Crippen molar-refractivity contribution in [3.63, 3.8) is 0 Å². The van der Waals surface area contributed by atoms with E-state index >= 15 is 0 Å². The third-order valence-electron chi connectivity index (χ3n) is 3.08. The van der Waals surface area contributed by atoms with Gasteiger partial charge in [0.25, 0.3) is 0 Å². The lowest BCUT2D eigenvalue weighted by Gasteiger charge is -2.14. The maximum Gasteiger partial charge on any atom is 0.317 e. The van der Waals surface area contributed by atoms with E-state index in [0.29, 0.717) is 6.73 Å². The molecule has 19 heavy (non-hydrogen) atoms. The molecule has 0 saturated heterocycles. The summed E-state index contributed by atoms with van der Waals surface area (Å²) in [5.74, 6) is 1.62. The molecule has 0 N–H and O–H groups in total. The van der Waals surface area contributed by atoms with Gasteiger partial charge in [0.2, 0.25) is 5.69 Å². The number of rotatable bonds is 2. The summed E-state index contributed by atoms with van der Waals surface area (Å²) in [4.78, 5) is 0. The van der Waals surface area contributed by atoms with Crippen molar-refractivity contribution < 1.29 is 14.2 Å². The van der Waals surface area contributed by atoms with Crippen LogP contribution in [0.3, 0.4) is 0 Å². The molecule has 0 aliphatic carbocycles. The molecule has 0 spiro atoms. The number of benzene rings is 2. The Hall–Kier alpha value is -2.36. The van der Waals surface area contributed by atoms with Crippen LogP contribution in [0.5, 0.6) is 11.5 Å². The molecule has 0 amide bonds. The quantitative estimate of drug-likeness (QED) is 0.765. The number of azo groups is 2. The van der Waals surface area contributed by atoms with Gasteiger partial charge in [-0.05, 0) is 23.3 Å². The fraction of sp³-hybridized carbons (Fsp3) is 0.200. The molecule has 1 aliphatic rings. The van der Waals surface area contributed by atoms with E-state index in [0.717, 1.165) is 28.4 Å². The molecule has 2 aromatic rings. The number of fused-ring (bicyclic) bond motifs is 1. The van der Waals surface area contributed by atoms with Crippen molar-refractivity contribution in [3.05, 3.63) is 48.0 Å². The van der Waals surface area contributed by atoms with Crippen molar-refractivity contribution >= 4 is 11.4 Å². The zero-order valence-corrected chi connectivity index (χ0v) is 11.0. The van der Waals surface area contributed by atoms with Gasteiger partial charge in [0.1, 0.15) is 5.75 Å². The summed E-state index contributed by atoms with van der Waals surface area (Å²) < 4.78 is 12.9. The van der Waals surface area contributed by atoms with Crippen LogP contribution in [0.2, 0.25) is 0 Å². The number of hydrogen-bond acceptors (Lipinski definition) is 3. The lowest BCUT2D eigenvalue weighted by Crippen LogP contribution is -2.15. The molecule has 1 heterocycles. The Morgan fingerprint density at radius 2 is 2.00 bits per heavy atom. The number of nitrogens with zero attached hydrogens (tertiary/aromatic N) is 2. The van der Waals surface area contributed by atoms with Crippen LogP contribution in [0, 0.1) is 6.92 Å². The standard InChI is InChI=1S/C15H15N2O2/c1-11-8-13(18-2)9-14-15(11)19-10-17(16-14)12-6-4-3-5-7-12/h3-9H,10H2,1-2H3/q+1. The van der Waals surface area contributed by atoms with Gasteiger partial charge in [-0.1, -0.05) is 18.2 Å². The van der Waals surface area contributed by atoms with E-state index in [1.807, 2.05) is 54.1 Å². The number of hydrogen-bond donors (Lipinski definition) is 0. The zero-order chi connectivity index (χ0) is 13.2. The van der Waals surface area contributed by atoms with Gasteiger partial charge in [0.15, 0.2) is 11.4 Å². The summed E-state index contributed by atoms with van der Waals surface area (Å²) >= 11 is 0. The lowest BCUT2D eigenvalue weighted by molar-refractivity contribution is -0.544. The van der Waals surface area contributed by atoms with E-state index in [1.165, 1.54) is 0 Å². The van der Waals surface area contributed by atoms with Crippen LogP contribution in [0.4, 0.5) is 11.4 Å². The lowest BCUT2D eigenvalue weighted by atomic mass is 10.2. The predicted molar refractivity (Wildman–Crippen MR) is 71.7 cm³/mol. The normalized spacial score (nSPS) is 13.3. The molecular formula is C15H15N2O2+. The van der Waals surface area contributed by atoms with E-state index in [9.17, 15) is 0 Å². The predicted octanol–water partition coefficient (Wildman–Crippen LogP) is 3.78. The molecule has 4 heteroatoms. The van der Waals surface area contributed by atoms with Gasteiger partial charge in [-0.3, -0.25) is 0 Å². The zero-order valence-electron chi connectivity index (χ0n) is 11.0. The minimum Gasteiger partial charge on any atom is -0.497 e. The van der Waals surface area contributed by atoms with Crippen LogP contribution in [0.15, 0.2) is 47.6 Å². The third-order valence-corrected chi connectivity index (χ3v) is 3.08. The molecule has 0 radical (unpaired) electrons. The first kappa shape index (κ1) is 11.7. The van der Waals surface area contributed by atoms with Crippen molar-refractivity contribution in [2.45, 2.75) is 6.92 Å². The average molecular weight is 255 g/mol. The molecule has 2 aromatic carbocycles. The molecule has 0 bridgehead atoms. The van der Waals surface area contributed by atoms with Crippen molar-refractivity contribution in [2.24, 2.45) is 5.11 Å². The van der Waals surface area contributed by atoms with Crippen molar-refractivity contribution in [3.8, 4) is 11.5 Å². The largest absolute Gasteiger partial charge is 0.497 e. The maximum absolute atomic E-state index is 5.80. The van der Waals surface area contributed by atoms with Crippen LogP contribution in [0.1, 0.15) is 5.56 Å². The minimum absolute atomic E-state index is 0.421. The molecular weight excluding hydrogens is 240 g/mol. The molecule has 0 atom stereocenters. The second kappa shape index (κ2) is 4.72. The Kier molecular flexibility index (Phi) is 2.91. The van der Waals surface area contributed by atoms with E-state index in [-0.39, 0.29) is 0 Å². The topological polar surface area (TPSA) is 33.8 Å². The molecule has 96 valence electrons. The van der Waals surface area contributed by atoms with Gasteiger partial charge in [0.05, 0.1) is 7.11 Å². The highest BCUT2D eigenvalue weighted by Gasteiger charge is 2.23. The SMILES string of the molecule is COc1cc(C)c2c(c1)N=[N+](c1ccccc1)CO2. The van der Waals surface area contributed by atoms with E-state index in [4.69, 9.17) is 9.47 Å². The van der Waals surface area contributed by atoms with Crippen molar-refractivity contribution in [2.75, 3.05) is 13.8 Å². The molecule has 1 aliphatic heterocycles. The number of para-hydroxylation sites is 1. The molecule has 0 saturated carbocycles. The first-order chi connectivity index (χ1) is 9.28. The Morgan fingerprint density at radius 3 is 2.74 bits per heavy atom. The summed E-state index contributed by atoms with van der Waals surface area (Å²) in [6.07, 6.45) is 0. The van der Waals surface area contributed by atoms with Gasteiger partial charge in [0, 0.05) is 23.3 Å². The first-order valence-electron chi connectivity index (χ1n) is 6.13. The van der Waals surface area contributed by atoms with Gasteiger partial charge < -0.3 is 9.47 Å². The second-order valence-corrected chi connectivity index (χ2v) is 4.40. The molecule has 0 unspecified atom stereocenters. The highest BCUT2D eigenvalue weighted by Crippen LogP contribution is 2.38. The second-order valence-electron chi connectivity index (χ2n) is 4.40. The molecule has 0 fully saturated rings. The van der Waals surface area contributed by atoms with Gasteiger partial charge in [-0.2, -0.15) is 0 Å². The highest BCUT2D eigenvalue weighted by molar-refractivity contribution is 5.59. The smallest absolute Gasteiger partial charge is 0.317 e. The van der Waals surface area contributed by atoms with Crippen molar-refractivity contribution in [1.82, 2.24) is 0 Å². The number of ether oxygens (including phenoxy) is 2. The van der Waals surface area contributed by atoms with Gasteiger partial charge in [-0.15, -0.1) is 0 Å². The van der Waals surface area contributed by atoms with Crippen LogP contribution < -0.4 is 9.47 Å². The van der Waals surface area contributed by atoms with Gasteiger partial charge >= 0.3 is 6.73 Å². The van der Waals surface area contributed by atoms with Gasteiger partial charge in [-0.25, -0.2) is 0 Å². The van der Waals surface area contributed by atoms with Crippen molar-refractivity contribution in [1.29, 1.82) is 0 Å². The Morgan fingerprint density at radius 1 is 1.21 bits per heavy atom. The molecule has 0 aromatic heterocycles. The molecule has 4 nitrogen and oxygen atoms in total. The Labute approximate surface area is 111 Å². The summed E-state index contributed by atoms with van der Waals surface area (Å²) in [6.45, 7) is 2.42. The van der Waals surface area contributed by atoms with E-state index in [2.05, 4.69) is 5.11 Å². The average Bonchev–Trinajstić information content (AvgIpc) is 2.47. The number of methoxy groups -OCH3 is 1. The van der Waals surface area contributed by atoms with E-state index in [1.54, 1.807) is 7.11 Å². The molecule has 3 rings (SSSR count).